The van der Waals surface area contributed by atoms with Gasteiger partial charge in [0.15, 0.2) is 0 Å². The van der Waals surface area contributed by atoms with Gasteiger partial charge in [-0.2, -0.15) is 6.42 Å². The Morgan fingerprint density at radius 1 is 1.67 bits per heavy atom. The molecule has 0 atom stereocenters. The monoisotopic (exact) mass is 118 g/mol. The third kappa shape index (κ3) is 2.93. The van der Waals surface area contributed by atoms with Crippen LogP contribution in [0.25, 0.3) is 0 Å². The van der Waals surface area contributed by atoms with Crippen LogP contribution in [0.15, 0.2) is 4.99 Å². The Kier molecular flexibility index (Phi) is 4.94. The van der Waals surface area contributed by atoms with Gasteiger partial charge in [-0.25, -0.2) is 0 Å². The van der Waals surface area contributed by atoms with Crippen LogP contribution in [0.2, 0.25) is 0 Å². The van der Waals surface area contributed by atoms with Crippen molar-refractivity contribution < 1.29 is 18.9 Å². The summed E-state index contributed by atoms with van der Waals surface area (Å²) in [5, 5.41) is 0. The van der Waals surface area contributed by atoms with Crippen molar-refractivity contribution in [3.05, 3.63) is 6.92 Å². The summed E-state index contributed by atoms with van der Waals surface area (Å²) in [6.45, 7) is 6.87. The number of aliphatic imine (C=N–C) groups is 1. The van der Waals surface area contributed by atoms with Gasteiger partial charge in [0.25, 0.3) is 0 Å². The molecule has 3 heteroatoms. The number of hydrogen-bond acceptors (Lipinski definition) is 2. The molecule has 0 unspecified atom stereocenters. The fourth-order valence-electron chi connectivity index (χ4n) is 0.790. The fourth-order valence-corrected chi connectivity index (χ4v) is 0.790. The first kappa shape index (κ1) is 9.07. The predicted molar refractivity (Wildman–Crippen MR) is 34.9 cm³/mol. The van der Waals surface area contributed by atoms with E-state index in [4.69, 9.17) is 0 Å². The normalized spacial score (nSPS) is 15.9. The Morgan fingerprint density at radius 2 is 2.44 bits per heavy atom. The average molecular weight is 118 g/mol. The SMILES string of the molecule is [CH2-]CCN1C=NCC1.[Li+]. The van der Waals surface area contributed by atoms with Gasteiger partial charge in [-0.15, -0.1) is 0 Å². The van der Waals surface area contributed by atoms with Crippen LogP contribution in [0.5, 0.6) is 0 Å². The Bertz CT molecular complexity index is 93.1. The first-order valence-corrected chi connectivity index (χ1v) is 2.97. The van der Waals surface area contributed by atoms with Crippen LogP contribution >= 0.6 is 0 Å². The molecule has 0 spiro atoms. The van der Waals surface area contributed by atoms with Crippen molar-refractivity contribution in [3.63, 3.8) is 0 Å². The van der Waals surface area contributed by atoms with E-state index >= 15 is 0 Å². The van der Waals surface area contributed by atoms with E-state index in [2.05, 4.69) is 16.8 Å². The van der Waals surface area contributed by atoms with Crippen LogP contribution in [0.4, 0.5) is 0 Å². The van der Waals surface area contributed by atoms with Gasteiger partial charge in [0.2, 0.25) is 0 Å². The third-order valence-corrected chi connectivity index (χ3v) is 1.21. The van der Waals surface area contributed by atoms with E-state index in [9.17, 15) is 0 Å². The number of nitrogens with zero attached hydrogens (tertiary/aromatic N) is 2. The van der Waals surface area contributed by atoms with Crippen molar-refractivity contribution >= 4 is 6.34 Å². The molecule has 46 valence electrons. The first-order chi connectivity index (χ1) is 3.93. The average Bonchev–Trinajstić information content (AvgIpc) is 2.19. The molecule has 0 saturated heterocycles. The van der Waals surface area contributed by atoms with E-state index in [1.165, 1.54) is 0 Å². The number of hydrogen-bond donors (Lipinski definition) is 0. The van der Waals surface area contributed by atoms with Crippen molar-refractivity contribution in [2.75, 3.05) is 19.6 Å². The van der Waals surface area contributed by atoms with Gasteiger partial charge < -0.3 is 11.8 Å². The smallest absolute Gasteiger partial charge is 0.364 e. The minimum absolute atomic E-state index is 0. The zero-order valence-corrected chi connectivity index (χ0v) is 6.01. The second-order valence-electron chi connectivity index (χ2n) is 1.91. The Morgan fingerprint density at radius 3 is 2.89 bits per heavy atom. The van der Waals surface area contributed by atoms with Crippen molar-refractivity contribution in [3.8, 4) is 0 Å². The molecule has 9 heavy (non-hydrogen) atoms. The molecule has 0 fully saturated rings. The van der Waals surface area contributed by atoms with Gasteiger partial charge in [-0.05, 0) is 6.54 Å². The van der Waals surface area contributed by atoms with Crippen molar-refractivity contribution in [1.29, 1.82) is 0 Å². The molecule has 0 aromatic rings. The van der Waals surface area contributed by atoms with E-state index in [1.54, 1.807) is 0 Å². The molecule has 0 radical (unpaired) electrons. The Balaban J connectivity index is 0.000000640. The van der Waals surface area contributed by atoms with Gasteiger partial charge in [-0.3, -0.25) is 4.99 Å². The summed E-state index contributed by atoms with van der Waals surface area (Å²) >= 11 is 0. The molecular weight excluding hydrogens is 107 g/mol. The quantitative estimate of drug-likeness (QED) is 0.290. The van der Waals surface area contributed by atoms with E-state index < -0.39 is 0 Å². The van der Waals surface area contributed by atoms with Crippen LogP contribution in [-0.2, 0) is 0 Å². The maximum Gasteiger partial charge on any atom is 1.00 e. The summed E-state index contributed by atoms with van der Waals surface area (Å²) in [4.78, 5) is 6.24. The van der Waals surface area contributed by atoms with Crippen molar-refractivity contribution in [1.82, 2.24) is 4.90 Å². The molecule has 2 nitrogen and oxygen atoms in total. The summed E-state index contributed by atoms with van der Waals surface area (Å²) in [6.07, 6.45) is 2.89. The molecule has 0 amide bonds. The molecule has 0 bridgehead atoms. The molecule has 0 saturated carbocycles. The van der Waals surface area contributed by atoms with E-state index in [0.29, 0.717) is 0 Å². The Hall–Kier alpha value is 0.0674. The Labute approximate surface area is 68.5 Å². The van der Waals surface area contributed by atoms with Crippen LogP contribution in [0.3, 0.4) is 0 Å². The standard InChI is InChI=1S/C6H11N2.Li/c1-2-4-8-5-3-7-6-8;/h6H,1-5H2;/q-1;+1. The van der Waals surface area contributed by atoms with Gasteiger partial charge in [0.05, 0.1) is 12.9 Å². The molecule has 0 aromatic carbocycles. The van der Waals surface area contributed by atoms with Crippen molar-refractivity contribution in [2.45, 2.75) is 6.42 Å². The third-order valence-electron chi connectivity index (χ3n) is 1.21. The summed E-state index contributed by atoms with van der Waals surface area (Å²) in [6, 6.07) is 0. The second-order valence-corrected chi connectivity index (χ2v) is 1.91. The first-order valence-electron chi connectivity index (χ1n) is 2.97. The summed E-state index contributed by atoms with van der Waals surface area (Å²) in [5.74, 6) is 0. The molecule has 1 rings (SSSR count). The minimum atomic E-state index is 0. The molecular formula is C6H11LiN2. The summed E-state index contributed by atoms with van der Waals surface area (Å²) in [7, 11) is 0. The second kappa shape index (κ2) is 4.90. The van der Waals surface area contributed by atoms with Gasteiger partial charge in [-0.1, -0.05) is 0 Å². The van der Waals surface area contributed by atoms with E-state index in [-0.39, 0.29) is 18.9 Å². The van der Waals surface area contributed by atoms with Crippen LogP contribution in [0.1, 0.15) is 6.42 Å². The molecule has 1 aliphatic heterocycles. The topological polar surface area (TPSA) is 15.6 Å². The molecule has 1 heterocycles. The van der Waals surface area contributed by atoms with E-state index in [1.807, 2.05) is 6.34 Å². The maximum atomic E-state index is 4.06. The van der Waals surface area contributed by atoms with Gasteiger partial charge >= 0.3 is 18.9 Å². The molecule has 0 aromatic heterocycles. The molecule has 1 aliphatic rings. The number of rotatable bonds is 2. The largest absolute Gasteiger partial charge is 1.00 e. The van der Waals surface area contributed by atoms with Crippen molar-refractivity contribution in [2.24, 2.45) is 4.99 Å². The zero-order chi connectivity index (χ0) is 5.82. The maximum absolute atomic E-state index is 4.06. The minimum Gasteiger partial charge on any atom is -0.364 e. The van der Waals surface area contributed by atoms with Gasteiger partial charge in [0, 0.05) is 6.54 Å². The molecule has 0 N–H and O–H groups in total. The fraction of sp³-hybridized carbons (Fsp3) is 0.667. The van der Waals surface area contributed by atoms with Crippen LogP contribution in [-0.4, -0.2) is 30.9 Å². The van der Waals surface area contributed by atoms with Gasteiger partial charge in [0.1, 0.15) is 0 Å². The zero-order valence-electron chi connectivity index (χ0n) is 6.01. The summed E-state index contributed by atoms with van der Waals surface area (Å²) in [5.41, 5.74) is 0. The summed E-state index contributed by atoms with van der Waals surface area (Å²) < 4.78 is 0. The van der Waals surface area contributed by atoms with Crippen LogP contribution in [0, 0.1) is 6.92 Å². The van der Waals surface area contributed by atoms with Crippen LogP contribution < -0.4 is 18.9 Å². The molecule has 0 aliphatic carbocycles. The van der Waals surface area contributed by atoms with E-state index in [0.717, 1.165) is 26.1 Å². The predicted octanol–water partition coefficient (Wildman–Crippen LogP) is -2.44.